The molecule has 0 radical (unpaired) electrons. The predicted octanol–water partition coefficient (Wildman–Crippen LogP) is 6.71. The van der Waals surface area contributed by atoms with Crippen LogP contribution in [0.1, 0.15) is 0 Å². The second kappa shape index (κ2) is 14.4. The lowest BCUT2D eigenvalue weighted by Crippen LogP contribution is -2.36. The molecule has 0 heterocycles. The summed E-state index contributed by atoms with van der Waals surface area (Å²) in [7, 11) is -5.18. The molecule has 6 aromatic carbocycles. The minimum Gasteiger partial charge on any atom is -0.290 e. The number of carbonyl (C=O) groups excluding carboxylic acids is 2. The van der Waals surface area contributed by atoms with Crippen molar-refractivity contribution in [2.24, 2.45) is 0 Å². The van der Waals surface area contributed by atoms with Crippen LogP contribution in [-0.4, -0.2) is 23.4 Å². The van der Waals surface area contributed by atoms with Crippen LogP contribution in [0.25, 0.3) is 0 Å². The average Bonchev–Trinajstić information content (AvgIpc) is 3.12. The van der Waals surface area contributed by atoms with Crippen LogP contribution in [0, 0.1) is 0 Å². The third-order valence-corrected chi connectivity index (χ3v) is 18.3. The summed E-state index contributed by atoms with van der Waals surface area (Å²) in [5.41, 5.74) is 0.0226. The Bertz CT molecular complexity index is 1500. The summed E-state index contributed by atoms with van der Waals surface area (Å²) < 4.78 is 0. The molecular formula is C40H35O2P3+2. The van der Waals surface area contributed by atoms with Crippen molar-refractivity contribution in [3.63, 3.8) is 0 Å². The molecule has 0 N–H and O–H groups in total. The molecule has 0 aliphatic rings. The van der Waals surface area contributed by atoms with Crippen molar-refractivity contribution in [2.45, 2.75) is 0 Å². The Morgan fingerprint density at radius 1 is 0.333 bits per heavy atom. The summed E-state index contributed by atoms with van der Waals surface area (Å²) in [6.07, 6.45) is 0.616. The molecule has 0 aliphatic carbocycles. The van der Waals surface area contributed by atoms with Gasteiger partial charge < -0.3 is 0 Å². The topological polar surface area (TPSA) is 34.1 Å². The average molecular weight is 641 g/mol. The molecule has 0 saturated heterocycles. The normalized spacial score (nSPS) is 11.6. The van der Waals surface area contributed by atoms with Crippen LogP contribution in [-0.2, 0) is 9.59 Å². The highest BCUT2D eigenvalue weighted by molar-refractivity contribution is 7.99. The van der Waals surface area contributed by atoms with Crippen molar-refractivity contribution in [1.82, 2.24) is 0 Å². The smallest absolute Gasteiger partial charge is 0.196 e. The molecule has 0 spiro atoms. The Morgan fingerprint density at radius 3 is 0.689 bits per heavy atom. The maximum atomic E-state index is 14.3. The van der Waals surface area contributed by atoms with Gasteiger partial charge in [0.05, 0.1) is 0 Å². The van der Waals surface area contributed by atoms with E-state index >= 15 is 0 Å². The molecule has 0 fully saturated rings. The largest absolute Gasteiger partial charge is 0.290 e. The Hall–Kier alpha value is -4.05. The van der Waals surface area contributed by atoms with Gasteiger partial charge in [0.1, 0.15) is 58.7 Å². The highest BCUT2D eigenvalue weighted by Crippen LogP contribution is 2.58. The third kappa shape index (κ3) is 6.52. The maximum absolute atomic E-state index is 14.3. The van der Waals surface area contributed by atoms with E-state index < -0.39 is 23.1 Å². The van der Waals surface area contributed by atoms with Gasteiger partial charge >= 0.3 is 0 Å². The summed E-state index contributed by atoms with van der Waals surface area (Å²) >= 11 is 0. The molecule has 0 aromatic heterocycles. The second-order valence-electron chi connectivity index (χ2n) is 10.9. The number of carbonyl (C=O) groups is 2. The van der Waals surface area contributed by atoms with Crippen molar-refractivity contribution in [1.29, 1.82) is 0 Å². The summed E-state index contributed by atoms with van der Waals surface area (Å²) in [6.45, 7) is 0. The van der Waals surface area contributed by atoms with Gasteiger partial charge in [-0.2, -0.15) is 0 Å². The summed E-state index contributed by atoms with van der Waals surface area (Å²) in [6, 6.07) is 62.4. The first kappa shape index (κ1) is 31.0. The van der Waals surface area contributed by atoms with Gasteiger partial charge in [-0.15, -0.1) is 0 Å². The third-order valence-electron chi connectivity index (χ3n) is 8.22. The number of hydrogen-bond donors (Lipinski definition) is 0. The van der Waals surface area contributed by atoms with Gasteiger partial charge in [0.2, 0.25) is 0 Å². The predicted molar refractivity (Wildman–Crippen MR) is 198 cm³/mol. The Morgan fingerprint density at radius 2 is 0.511 bits per heavy atom. The Labute approximate surface area is 269 Å². The van der Waals surface area contributed by atoms with E-state index in [1.54, 1.807) is 0 Å². The van der Waals surface area contributed by atoms with Gasteiger partial charge in [-0.3, -0.25) is 9.59 Å². The lowest BCUT2D eigenvalue weighted by molar-refractivity contribution is -0.111. The summed E-state index contributed by atoms with van der Waals surface area (Å²) in [4.78, 5) is 28.6. The van der Waals surface area contributed by atoms with E-state index in [4.69, 9.17) is 0 Å². The van der Waals surface area contributed by atoms with Gasteiger partial charge in [0.15, 0.2) is 11.0 Å². The molecule has 5 heteroatoms. The minimum absolute atomic E-state index is 0.0113. The molecule has 0 unspecified atom stereocenters. The molecule has 0 bridgehead atoms. The lowest BCUT2D eigenvalue weighted by Gasteiger charge is -2.28. The van der Waals surface area contributed by atoms with E-state index in [1.807, 2.05) is 109 Å². The van der Waals surface area contributed by atoms with Crippen molar-refractivity contribution in [2.75, 3.05) is 12.3 Å². The van der Waals surface area contributed by atoms with Crippen LogP contribution in [0.15, 0.2) is 182 Å². The van der Waals surface area contributed by atoms with E-state index in [0.717, 1.165) is 31.8 Å². The maximum Gasteiger partial charge on any atom is 0.196 e. The first-order valence-electron chi connectivity index (χ1n) is 15.1. The van der Waals surface area contributed by atoms with Crippen LogP contribution in [0.5, 0.6) is 0 Å². The first-order valence-corrected chi connectivity index (χ1v) is 20.0. The Balaban J connectivity index is 1.40. The summed E-state index contributed by atoms with van der Waals surface area (Å²) in [5.74, 6) is 0. The highest BCUT2D eigenvalue weighted by atomic mass is 31.2. The molecule has 0 amide bonds. The highest BCUT2D eigenvalue weighted by Gasteiger charge is 2.50. The van der Waals surface area contributed by atoms with Crippen LogP contribution < -0.4 is 31.8 Å². The van der Waals surface area contributed by atoms with Gasteiger partial charge in [-0.05, 0) is 72.8 Å². The van der Waals surface area contributed by atoms with Gasteiger partial charge in [-0.1, -0.05) is 109 Å². The van der Waals surface area contributed by atoms with Crippen LogP contribution in [0.4, 0.5) is 0 Å². The molecule has 220 valence electrons. The number of hydrogen-bond acceptors (Lipinski definition) is 2. The molecule has 2 nitrogen and oxygen atoms in total. The molecule has 45 heavy (non-hydrogen) atoms. The van der Waals surface area contributed by atoms with E-state index in [0.29, 0.717) is 12.3 Å². The molecule has 0 saturated carbocycles. The van der Waals surface area contributed by atoms with Crippen molar-refractivity contribution >= 4 is 66.0 Å². The zero-order valence-corrected chi connectivity index (χ0v) is 27.7. The Kier molecular flexibility index (Phi) is 9.88. The second-order valence-corrected chi connectivity index (χ2v) is 19.3. The van der Waals surface area contributed by atoms with Crippen molar-refractivity contribution in [3.05, 3.63) is 182 Å². The fourth-order valence-corrected chi connectivity index (χ4v) is 16.4. The monoisotopic (exact) mass is 640 g/mol. The van der Waals surface area contributed by atoms with Crippen LogP contribution in [0.2, 0.25) is 0 Å². The number of rotatable bonds is 12. The molecule has 0 atom stereocenters. The van der Waals surface area contributed by atoms with E-state index in [9.17, 15) is 9.59 Å². The van der Waals surface area contributed by atoms with Gasteiger partial charge in [-0.25, -0.2) is 0 Å². The number of benzene rings is 6. The SMILES string of the molecule is O=C(C[P+](c1ccccc1)(c1ccccc1)c1ccccc1)PC(=O)C[P+](c1ccccc1)(c1ccccc1)c1ccccc1. The van der Waals surface area contributed by atoms with E-state index in [1.165, 1.54) is 0 Å². The minimum atomic E-state index is -2.38. The molecule has 6 rings (SSSR count). The van der Waals surface area contributed by atoms with Gasteiger partial charge in [0, 0.05) is 8.58 Å². The first-order chi connectivity index (χ1) is 22.1. The molecular weight excluding hydrogens is 605 g/mol. The van der Waals surface area contributed by atoms with Crippen LogP contribution >= 0.6 is 23.1 Å². The fourth-order valence-electron chi connectivity index (χ4n) is 6.20. The standard InChI is InChI=1S/C40H35O2P3/c41-39(31-44(33-19-7-1-8-20-33,34-21-9-2-10-22-34)35-23-11-3-12-24-35)43-40(42)32-45(36-25-13-4-14-26-36,37-27-15-5-16-28-37)38-29-17-6-18-30-38/h1-30,43H,31-32H2/q+2. The quantitative estimate of drug-likeness (QED) is 0.140. The summed E-state index contributed by atoms with van der Waals surface area (Å²) in [5, 5.41) is 6.88. The molecule has 0 aliphatic heterocycles. The molecule has 6 aromatic rings. The van der Waals surface area contributed by atoms with Crippen molar-refractivity contribution in [3.8, 4) is 0 Å². The van der Waals surface area contributed by atoms with Crippen molar-refractivity contribution < 1.29 is 9.59 Å². The zero-order valence-electron chi connectivity index (χ0n) is 24.9. The van der Waals surface area contributed by atoms with E-state index in [-0.39, 0.29) is 11.0 Å². The van der Waals surface area contributed by atoms with Crippen LogP contribution in [0.3, 0.4) is 0 Å². The zero-order chi connectivity index (χ0) is 31.0. The lowest BCUT2D eigenvalue weighted by atomic mass is 10.4. The van der Waals surface area contributed by atoms with Gasteiger partial charge in [0.25, 0.3) is 0 Å². The fraction of sp³-hybridized carbons (Fsp3) is 0.0500. The van der Waals surface area contributed by atoms with E-state index in [2.05, 4.69) is 72.8 Å².